The number of aromatic nitrogens is 2. The van der Waals surface area contributed by atoms with Crippen LogP contribution in [0.25, 0.3) is 4.96 Å². The average molecular weight is 321 g/mol. The summed E-state index contributed by atoms with van der Waals surface area (Å²) in [4.78, 5) is 19.0. The van der Waals surface area contributed by atoms with Gasteiger partial charge in [0, 0.05) is 27.5 Å². The van der Waals surface area contributed by atoms with Gasteiger partial charge in [-0.1, -0.05) is 62.3 Å². The summed E-state index contributed by atoms with van der Waals surface area (Å²) in [5, 5.41) is 2.07. The van der Waals surface area contributed by atoms with Gasteiger partial charge in [0.1, 0.15) is 0 Å². The highest BCUT2D eigenvalue weighted by Crippen LogP contribution is 2.33. The SMILES string of the molecule is CC(C)(C)c1nc2scc(C(C)(C)C)n2c(=O)c1C(C)(C)C. The monoisotopic (exact) mass is 320 g/mol. The second-order valence-corrected chi connectivity index (χ2v) is 9.97. The molecule has 0 bridgehead atoms. The molecule has 4 heteroatoms. The maximum Gasteiger partial charge on any atom is 0.262 e. The van der Waals surface area contributed by atoms with E-state index in [4.69, 9.17) is 4.98 Å². The van der Waals surface area contributed by atoms with Crippen LogP contribution in [0.3, 0.4) is 0 Å². The topological polar surface area (TPSA) is 34.4 Å². The van der Waals surface area contributed by atoms with E-state index in [9.17, 15) is 4.79 Å². The molecule has 2 rings (SSSR count). The van der Waals surface area contributed by atoms with Crippen LogP contribution >= 0.6 is 11.3 Å². The molecule has 0 atom stereocenters. The zero-order chi connectivity index (χ0) is 17.1. The predicted molar refractivity (Wildman–Crippen MR) is 95.4 cm³/mol. The van der Waals surface area contributed by atoms with E-state index >= 15 is 0 Å². The zero-order valence-electron chi connectivity index (χ0n) is 15.3. The van der Waals surface area contributed by atoms with E-state index < -0.39 is 0 Å². The van der Waals surface area contributed by atoms with E-state index in [2.05, 4.69) is 67.7 Å². The standard InChI is InChI=1S/C18H28N2OS/c1-16(2,3)11-10-22-15-19-13(18(7,8)9)12(17(4,5)6)14(21)20(11)15/h10H,1-9H3. The first-order chi connectivity index (χ1) is 9.74. The molecule has 0 saturated carbocycles. The molecule has 2 aromatic rings. The summed E-state index contributed by atoms with van der Waals surface area (Å²) in [6.45, 7) is 19.1. The Morgan fingerprint density at radius 1 is 0.909 bits per heavy atom. The van der Waals surface area contributed by atoms with Crippen molar-refractivity contribution in [1.29, 1.82) is 0 Å². The third-order valence-electron chi connectivity index (χ3n) is 3.80. The molecule has 0 aliphatic carbocycles. The van der Waals surface area contributed by atoms with Crippen LogP contribution in [0.5, 0.6) is 0 Å². The smallest absolute Gasteiger partial charge is 0.262 e. The van der Waals surface area contributed by atoms with Crippen molar-refractivity contribution in [2.24, 2.45) is 0 Å². The minimum atomic E-state index is -0.231. The maximum atomic E-state index is 13.3. The fourth-order valence-corrected chi connectivity index (χ4v) is 3.79. The molecule has 0 fully saturated rings. The molecule has 0 radical (unpaired) electrons. The van der Waals surface area contributed by atoms with Crippen LogP contribution in [-0.2, 0) is 16.2 Å². The quantitative estimate of drug-likeness (QED) is 0.708. The highest BCUT2D eigenvalue weighted by atomic mass is 32.1. The largest absolute Gasteiger partial charge is 0.269 e. The van der Waals surface area contributed by atoms with Gasteiger partial charge in [-0.15, -0.1) is 11.3 Å². The first kappa shape index (κ1) is 17.2. The molecule has 0 amide bonds. The second-order valence-electron chi connectivity index (χ2n) is 9.13. The van der Waals surface area contributed by atoms with Crippen molar-refractivity contribution < 1.29 is 0 Å². The summed E-state index contributed by atoms with van der Waals surface area (Å²) in [7, 11) is 0. The minimum Gasteiger partial charge on any atom is -0.269 e. The number of fused-ring (bicyclic) bond motifs is 1. The zero-order valence-corrected chi connectivity index (χ0v) is 16.1. The summed E-state index contributed by atoms with van der Waals surface area (Å²) in [5.74, 6) is 0. The van der Waals surface area contributed by atoms with Crippen LogP contribution < -0.4 is 5.56 Å². The van der Waals surface area contributed by atoms with E-state index in [0.29, 0.717) is 0 Å². The summed E-state index contributed by atoms with van der Waals surface area (Å²) in [6, 6.07) is 0. The van der Waals surface area contributed by atoms with Crippen LogP contribution in [-0.4, -0.2) is 9.38 Å². The fourth-order valence-electron chi connectivity index (χ4n) is 2.69. The molecule has 122 valence electrons. The van der Waals surface area contributed by atoms with Crippen molar-refractivity contribution in [2.45, 2.75) is 78.6 Å². The van der Waals surface area contributed by atoms with Gasteiger partial charge < -0.3 is 0 Å². The van der Waals surface area contributed by atoms with Crippen molar-refractivity contribution in [3.63, 3.8) is 0 Å². The Morgan fingerprint density at radius 2 is 1.45 bits per heavy atom. The lowest BCUT2D eigenvalue weighted by Gasteiger charge is -2.28. The van der Waals surface area contributed by atoms with E-state index in [0.717, 1.165) is 21.9 Å². The lowest BCUT2D eigenvalue weighted by atomic mass is 9.79. The third-order valence-corrected chi connectivity index (χ3v) is 4.62. The number of nitrogens with zero attached hydrogens (tertiary/aromatic N) is 2. The Bertz CT molecular complexity index is 762. The average Bonchev–Trinajstić information content (AvgIpc) is 2.69. The number of rotatable bonds is 0. The molecule has 2 heterocycles. The van der Waals surface area contributed by atoms with Crippen molar-refractivity contribution in [3.8, 4) is 0 Å². The molecule has 0 N–H and O–H groups in total. The van der Waals surface area contributed by atoms with Gasteiger partial charge in [-0.3, -0.25) is 9.20 Å². The highest BCUT2D eigenvalue weighted by molar-refractivity contribution is 7.15. The first-order valence-electron chi connectivity index (χ1n) is 7.80. The van der Waals surface area contributed by atoms with Crippen LogP contribution in [0, 0.1) is 0 Å². The second kappa shape index (κ2) is 4.92. The summed E-state index contributed by atoms with van der Waals surface area (Å²) >= 11 is 1.56. The van der Waals surface area contributed by atoms with E-state index in [1.54, 1.807) is 11.3 Å². The number of hydrogen-bond acceptors (Lipinski definition) is 3. The van der Waals surface area contributed by atoms with Crippen LogP contribution in [0.2, 0.25) is 0 Å². The molecule has 0 aromatic carbocycles. The van der Waals surface area contributed by atoms with E-state index in [-0.39, 0.29) is 21.8 Å². The molecule has 0 saturated heterocycles. The Kier molecular flexibility index (Phi) is 3.84. The summed E-state index contributed by atoms with van der Waals surface area (Å²) in [5.41, 5.74) is 2.42. The van der Waals surface area contributed by atoms with Crippen LogP contribution in [0.1, 0.15) is 79.3 Å². The normalized spacial score (nSPS) is 13.9. The number of thiazole rings is 1. The van der Waals surface area contributed by atoms with Crippen molar-refractivity contribution in [2.75, 3.05) is 0 Å². The molecule has 3 nitrogen and oxygen atoms in total. The van der Waals surface area contributed by atoms with E-state index in [1.807, 2.05) is 4.40 Å². The van der Waals surface area contributed by atoms with Crippen molar-refractivity contribution in [1.82, 2.24) is 9.38 Å². The van der Waals surface area contributed by atoms with Crippen molar-refractivity contribution >= 4 is 16.3 Å². The molecular formula is C18H28N2OS. The first-order valence-corrected chi connectivity index (χ1v) is 8.68. The lowest BCUT2D eigenvalue weighted by Crippen LogP contribution is -2.35. The van der Waals surface area contributed by atoms with Gasteiger partial charge in [0.25, 0.3) is 5.56 Å². The maximum absolute atomic E-state index is 13.3. The van der Waals surface area contributed by atoms with Gasteiger partial charge in [-0.25, -0.2) is 4.98 Å². The summed E-state index contributed by atoms with van der Waals surface area (Å²) < 4.78 is 1.82. The van der Waals surface area contributed by atoms with Gasteiger partial charge in [0.05, 0.1) is 5.69 Å². The Labute approximate surface area is 137 Å². The Hall–Kier alpha value is -1.16. The molecule has 0 spiro atoms. The third kappa shape index (κ3) is 2.85. The summed E-state index contributed by atoms with van der Waals surface area (Å²) in [6.07, 6.45) is 0. The Balaban J connectivity index is 3.01. The van der Waals surface area contributed by atoms with Gasteiger partial charge in [-0.2, -0.15) is 0 Å². The number of hydrogen-bond donors (Lipinski definition) is 0. The van der Waals surface area contributed by atoms with Gasteiger partial charge >= 0.3 is 0 Å². The highest BCUT2D eigenvalue weighted by Gasteiger charge is 2.32. The van der Waals surface area contributed by atoms with Gasteiger partial charge in [-0.05, 0) is 5.41 Å². The molecule has 0 unspecified atom stereocenters. The minimum absolute atomic E-state index is 0.0812. The van der Waals surface area contributed by atoms with Crippen LogP contribution in [0.4, 0.5) is 0 Å². The molecule has 0 aliphatic rings. The molecule has 2 aromatic heterocycles. The fraction of sp³-hybridized carbons (Fsp3) is 0.667. The van der Waals surface area contributed by atoms with Gasteiger partial charge in [0.2, 0.25) is 0 Å². The molecular weight excluding hydrogens is 292 g/mol. The molecule has 0 aliphatic heterocycles. The van der Waals surface area contributed by atoms with Gasteiger partial charge in [0.15, 0.2) is 4.96 Å². The predicted octanol–water partition coefficient (Wildman–Crippen LogP) is 4.65. The van der Waals surface area contributed by atoms with E-state index in [1.165, 1.54) is 0 Å². The van der Waals surface area contributed by atoms with Crippen molar-refractivity contribution in [3.05, 3.63) is 32.7 Å². The molecule has 22 heavy (non-hydrogen) atoms. The lowest BCUT2D eigenvalue weighted by molar-refractivity contribution is 0.501. The van der Waals surface area contributed by atoms with Crippen LogP contribution in [0.15, 0.2) is 10.2 Å². The Morgan fingerprint density at radius 3 is 1.86 bits per heavy atom.